The lowest BCUT2D eigenvalue weighted by atomic mass is 10.0. The molecule has 0 N–H and O–H groups in total. The van der Waals surface area contributed by atoms with E-state index in [0.29, 0.717) is 0 Å². The standard InChI is InChI=1S/C13H16/c1-3-5-9-12(4-2)13-10-7-6-8-11-13/h3,6-11H,1,4-5H2,2H3/b12-9+. The second kappa shape index (κ2) is 5.36. The van der Waals surface area contributed by atoms with Crippen LogP contribution in [-0.2, 0) is 0 Å². The first-order valence-electron chi connectivity index (χ1n) is 4.73. The van der Waals surface area contributed by atoms with Crippen molar-refractivity contribution in [1.29, 1.82) is 0 Å². The third-order valence-electron chi connectivity index (χ3n) is 2.06. The molecule has 0 radical (unpaired) electrons. The molecule has 0 aromatic heterocycles. The molecule has 0 amide bonds. The maximum atomic E-state index is 3.72. The van der Waals surface area contributed by atoms with Crippen LogP contribution in [0.1, 0.15) is 25.3 Å². The van der Waals surface area contributed by atoms with Crippen LogP contribution in [0.25, 0.3) is 5.57 Å². The molecule has 0 heteroatoms. The van der Waals surface area contributed by atoms with E-state index < -0.39 is 0 Å². The van der Waals surface area contributed by atoms with E-state index in [1.807, 2.05) is 12.1 Å². The van der Waals surface area contributed by atoms with E-state index in [0.717, 1.165) is 12.8 Å². The van der Waals surface area contributed by atoms with Crippen molar-refractivity contribution in [1.82, 2.24) is 0 Å². The minimum absolute atomic E-state index is 0.956. The first-order valence-corrected chi connectivity index (χ1v) is 4.73. The van der Waals surface area contributed by atoms with Crippen molar-refractivity contribution in [3.8, 4) is 0 Å². The van der Waals surface area contributed by atoms with Gasteiger partial charge < -0.3 is 0 Å². The summed E-state index contributed by atoms with van der Waals surface area (Å²) in [5, 5.41) is 0. The molecule has 0 nitrogen and oxygen atoms in total. The minimum Gasteiger partial charge on any atom is -0.103 e. The zero-order valence-electron chi connectivity index (χ0n) is 8.16. The monoisotopic (exact) mass is 172 g/mol. The van der Waals surface area contributed by atoms with Crippen LogP contribution in [0, 0.1) is 0 Å². The summed E-state index contributed by atoms with van der Waals surface area (Å²) < 4.78 is 0. The molecule has 13 heavy (non-hydrogen) atoms. The van der Waals surface area contributed by atoms with Crippen molar-refractivity contribution in [2.24, 2.45) is 0 Å². The summed E-state index contributed by atoms with van der Waals surface area (Å²) in [7, 11) is 0. The highest BCUT2D eigenvalue weighted by Crippen LogP contribution is 2.17. The lowest BCUT2D eigenvalue weighted by Gasteiger charge is -2.03. The Hall–Kier alpha value is -1.30. The van der Waals surface area contributed by atoms with Gasteiger partial charge in [0.25, 0.3) is 0 Å². The Balaban J connectivity index is 2.84. The second-order valence-corrected chi connectivity index (χ2v) is 2.97. The van der Waals surface area contributed by atoms with Gasteiger partial charge in [-0.25, -0.2) is 0 Å². The van der Waals surface area contributed by atoms with E-state index in [-0.39, 0.29) is 0 Å². The first kappa shape index (κ1) is 9.79. The zero-order chi connectivity index (χ0) is 9.52. The molecule has 0 atom stereocenters. The van der Waals surface area contributed by atoms with Crippen LogP contribution in [0.2, 0.25) is 0 Å². The smallest absolute Gasteiger partial charge is 0.0166 e. The van der Waals surface area contributed by atoms with Crippen LogP contribution in [-0.4, -0.2) is 0 Å². The molecule has 1 rings (SSSR count). The highest BCUT2D eigenvalue weighted by molar-refractivity contribution is 5.65. The van der Waals surface area contributed by atoms with Crippen molar-refractivity contribution in [3.05, 3.63) is 54.6 Å². The van der Waals surface area contributed by atoms with Gasteiger partial charge in [-0.05, 0) is 24.0 Å². The third-order valence-corrected chi connectivity index (χ3v) is 2.06. The number of allylic oxidation sites excluding steroid dienone is 3. The van der Waals surface area contributed by atoms with E-state index in [4.69, 9.17) is 0 Å². The Labute approximate surface area is 80.6 Å². The maximum absolute atomic E-state index is 3.72. The predicted octanol–water partition coefficient (Wildman–Crippen LogP) is 4.06. The van der Waals surface area contributed by atoms with Crippen molar-refractivity contribution < 1.29 is 0 Å². The van der Waals surface area contributed by atoms with Gasteiger partial charge in [-0.1, -0.05) is 49.4 Å². The van der Waals surface area contributed by atoms with Crippen LogP contribution in [0.4, 0.5) is 0 Å². The molecule has 0 spiro atoms. The summed E-state index contributed by atoms with van der Waals surface area (Å²) in [4.78, 5) is 0. The maximum Gasteiger partial charge on any atom is -0.0166 e. The van der Waals surface area contributed by atoms with Gasteiger partial charge in [0.15, 0.2) is 0 Å². The second-order valence-electron chi connectivity index (χ2n) is 2.97. The SMILES string of the molecule is C=CC/C=C(\CC)c1ccccc1. The highest BCUT2D eigenvalue weighted by atomic mass is 14.0. The Morgan fingerprint density at radius 3 is 2.54 bits per heavy atom. The summed E-state index contributed by atoms with van der Waals surface area (Å²) in [6.45, 7) is 5.90. The minimum atomic E-state index is 0.956. The number of hydrogen-bond acceptors (Lipinski definition) is 0. The van der Waals surface area contributed by atoms with Gasteiger partial charge in [0.1, 0.15) is 0 Å². The van der Waals surface area contributed by atoms with Crippen LogP contribution in [0.5, 0.6) is 0 Å². The summed E-state index contributed by atoms with van der Waals surface area (Å²) in [6.07, 6.45) is 6.21. The Bertz CT molecular complexity index is 280. The summed E-state index contributed by atoms with van der Waals surface area (Å²) >= 11 is 0. The topological polar surface area (TPSA) is 0 Å². The van der Waals surface area contributed by atoms with E-state index in [2.05, 4.69) is 43.8 Å². The zero-order valence-corrected chi connectivity index (χ0v) is 8.16. The molecule has 0 unspecified atom stereocenters. The fourth-order valence-corrected chi connectivity index (χ4v) is 1.34. The third kappa shape index (κ3) is 2.90. The predicted molar refractivity (Wildman–Crippen MR) is 59.5 cm³/mol. The molecule has 0 heterocycles. The van der Waals surface area contributed by atoms with Gasteiger partial charge in [-0.3, -0.25) is 0 Å². The van der Waals surface area contributed by atoms with Gasteiger partial charge in [-0.15, -0.1) is 6.58 Å². The molecule has 0 aliphatic rings. The van der Waals surface area contributed by atoms with Gasteiger partial charge >= 0.3 is 0 Å². The van der Waals surface area contributed by atoms with Crippen molar-refractivity contribution in [3.63, 3.8) is 0 Å². The van der Waals surface area contributed by atoms with Crippen molar-refractivity contribution >= 4 is 5.57 Å². The molecule has 0 saturated heterocycles. The van der Waals surface area contributed by atoms with E-state index >= 15 is 0 Å². The fourth-order valence-electron chi connectivity index (χ4n) is 1.34. The first-order chi connectivity index (χ1) is 6.38. The van der Waals surface area contributed by atoms with Crippen LogP contribution in [0.3, 0.4) is 0 Å². The molecule has 68 valence electrons. The Morgan fingerprint density at radius 2 is 2.00 bits per heavy atom. The van der Waals surface area contributed by atoms with E-state index in [1.54, 1.807) is 0 Å². The highest BCUT2D eigenvalue weighted by Gasteiger charge is 1.95. The normalized spacial score (nSPS) is 11.3. The molecule has 1 aromatic rings. The van der Waals surface area contributed by atoms with Crippen LogP contribution >= 0.6 is 0 Å². The summed E-state index contributed by atoms with van der Waals surface area (Å²) in [5.74, 6) is 0. The molecular formula is C13H16. The summed E-state index contributed by atoms with van der Waals surface area (Å²) in [6, 6.07) is 10.5. The van der Waals surface area contributed by atoms with Gasteiger partial charge in [-0.2, -0.15) is 0 Å². The largest absolute Gasteiger partial charge is 0.103 e. The molecule has 1 aromatic carbocycles. The Kier molecular flexibility index (Phi) is 4.04. The van der Waals surface area contributed by atoms with Gasteiger partial charge in [0, 0.05) is 0 Å². The Morgan fingerprint density at radius 1 is 1.31 bits per heavy atom. The van der Waals surface area contributed by atoms with Crippen LogP contribution in [0.15, 0.2) is 49.1 Å². The van der Waals surface area contributed by atoms with E-state index in [9.17, 15) is 0 Å². The van der Waals surface area contributed by atoms with E-state index in [1.165, 1.54) is 11.1 Å². The van der Waals surface area contributed by atoms with Gasteiger partial charge in [0.05, 0.1) is 0 Å². The molecule has 0 saturated carbocycles. The number of benzene rings is 1. The summed E-state index contributed by atoms with van der Waals surface area (Å²) in [5.41, 5.74) is 2.73. The number of hydrogen-bond donors (Lipinski definition) is 0. The lowest BCUT2D eigenvalue weighted by Crippen LogP contribution is -1.81. The molecule has 0 bridgehead atoms. The molecule has 0 fully saturated rings. The van der Waals surface area contributed by atoms with Crippen molar-refractivity contribution in [2.45, 2.75) is 19.8 Å². The lowest BCUT2D eigenvalue weighted by molar-refractivity contribution is 1.22. The van der Waals surface area contributed by atoms with Crippen molar-refractivity contribution in [2.75, 3.05) is 0 Å². The quantitative estimate of drug-likeness (QED) is 0.601. The average Bonchev–Trinajstić information content (AvgIpc) is 2.21. The molecular weight excluding hydrogens is 156 g/mol. The fraction of sp³-hybridized carbons (Fsp3) is 0.231. The van der Waals surface area contributed by atoms with Crippen LogP contribution < -0.4 is 0 Å². The average molecular weight is 172 g/mol. The van der Waals surface area contributed by atoms with Gasteiger partial charge in [0.2, 0.25) is 0 Å². The molecule has 0 aliphatic heterocycles. The molecule has 0 aliphatic carbocycles. The number of rotatable bonds is 4.